The number of thiocarbonyl (C=S) groups is 1. The van der Waals surface area contributed by atoms with Crippen LogP contribution in [0, 0.1) is 5.92 Å². The number of benzene rings is 2. The van der Waals surface area contributed by atoms with Crippen molar-refractivity contribution >= 4 is 52.5 Å². The van der Waals surface area contributed by atoms with Crippen molar-refractivity contribution in [2.24, 2.45) is 5.92 Å². The second kappa shape index (κ2) is 9.94. The highest BCUT2D eigenvalue weighted by molar-refractivity contribution is 7.80. The first-order valence-corrected chi connectivity index (χ1v) is 10.6. The molecule has 1 aliphatic heterocycles. The number of hydrogen-bond donors (Lipinski definition) is 1. The van der Waals surface area contributed by atoms with Crippen LogP contribution in [0.15, 0.2) is 48.0 Å². The maximum Gasteiger partial charge on any atom is 0.270 e. The molecule has 1 saturated heterocycles. The summed E-state index contributed by atoms with van der Waals surface area (Å²) in [6.07, 6.45) is 2.42. The van der Waals surface area contributed by atoms with Crippen LogP contribution in [0.3, 0.4) is 0 Å². The van der Waals surface area contributed by atoms with Crippen LogP contribution in [-0.4, -0.2) is 30.6 Å². The predicted octanol–water partition coefficient (Wildman–Crippen LogP) is 4.60. The third-order valence-electron chi connectivity index (χ3n) is 4.64. The molecule has 2 amide bonds. The van der Waals surface area contributed by atoms with Crippen LogP contribution < -0.4 is 19.7 Å². The Morgan fingerprint density at radius 1 is 1.13 bits per heavy atom. The smallest absolute Gasteiger partial charge is 0.270 e. The van der Waals surface area contributed by atoms with Gasteiger partial charge in [-0.1, -0.05) is 31.5 Å². The summed E-state index contributed by atoms with van der Waals surface area (Å²) >= 11 is 11.1. The normalized spacial score (nSPS) is 15.5. The zero-order valence-corrected chi connectivity index (χ0v) is 19.0. The van der Waals surface area contributed by atoms with Crippen LogP contribution in [0.1, 0.15) is 25.8 Å². The number of hydrogen-bond acceptors (Lipinski definition) is 5. The van der Waals surface area contributed by atoms with Crippen LogP contribution in [0.4, 0.5) is 5.69 Å². The van der Waals surface area contributed by atoms with Gasteiger partial charge in [-0.25, -0.2) is 0 Å². The molecule has 2 aromatic rings. The van der Waals surface area contributed by atoms with E-state index < -0.39 is 11.8 Å². The summed E-state index contributed by atoms with van der Waals surface area (Å²) in [6.45, 7) is 4.82. The van der Waals surface area contributed by atoms with Gasteiger partial charge in [0.05, 0.1) is 19.4 Å². The monoisotopic (exact) mass is 458 g/mol. The first-order valence-electron chi connectivity index (χ1n) is 9.78. The van der Waals surface area contributed by atoms with Gasteiger partial charge in [0.2, 0.25) is 0 Å². The van der Waals surface area contributed by atoms with Gasteiger partial charge in [-0.15, -0.1) is 0 Å². The SMILES string of the molecule is COc1cc(/C=C2/C(=O)NC(=S)N(c3ccc(Cl)cc3)C2=O)ccc1OCCC(C)C. The molecule has 8 heteroatoms. The molecule has 0 atom stereocenters. The third-order valence-corrected chi connectivity index (χ3v) is 5.17. The molecule has 0 saturated carbocycles. The van der Waals surface area contributed by atoms with Crippen molar-refractivity contribution in [3.05, 3.63) is 58.6 Å². The number of anilines is 1. The number of methoxy groups -OCH3 is 1. The van der Waals surface area contributed by atoms with E-state index in [2.05, 4.69) is 19.2 Å². The molecule has 0 unspecified atom stereocenters. The van der Waals surface area contributed by atoms with Crippen LogP contribution >= 0.6 is 23.8 Å². The second-order valence-corrected chi connectivity index (χ2v) is 8.20. The van der Waals surface area contributed by atoms with E-state index in [1.54, 1.807) is 49.6 Å². The van der Waals surface area contributed by atoms with Crippen molar-refractivity contribution in [3.8, 4) is 11.5 Å². The molecular formula is C23H23ClN2O4S. The highest BCUT2D eigenvalue weighted by Gasteiger charge is 2.34. The number of ether oxygens (including phenoxy) is 2. The summed E-state index contributed by atoms with van der Waals surface area (Å²) < 4.78 is 11.2. The molecule has 6 nitrogen and oxygen atoms in total. The predicted molar refractivity (Wildman–Crippen MR) is 126 cm³/mol. The lowest BCUT2D eigenvalue weighted by Crippen LogP contribution is -2.54. The summed E-state index contributed by atoms with van der Waals surface area (Å²) in [5, 5.41) is 3.11. The molecule has 1 aliphatic rings. The van der Waals surface area contributed by atoms with Crippen LogP contribution in [0.5, 0.6) is 11.5 Å². The molecule has 1 fully saturated rings. The van der Waals surface area contributed by atoms with E-state index in [9.17, 15) is 9.59 Å². The summed E-state index contributed by atoms with van der Waals surface area (Å²) in [6, 6.07) is 11.9. The van der Waals surface area contributed by atoms with Crippen molar-refractivity contribution in [1.82, 2.24) is 5.32 Å². The quantitative estimate of drug-likeness (QED) is 0.373. The Balaban J connectivity index is 1.88. The van der Waals surface area contributed by atoms with E-state index >= 15 is 0 Å². The Hall–Kier alpha value is -2.90. The van der Waals surface area contributed by atoms with E-state index in [0.29, 0.717) is 40.3 Å². The number of amides is 2. The molecule has 0 aliphatic carbocycles. The Morgan fingerprint density at radius 2 is 1.84 bits per heavy atom. The number of nitrogens with one attached hydrogen (secondary N) is 1. The lowest BCUT2D eigenvalue weighted by Gasteiger charge is -2.29. The molecule has 31 heavy (non-hydrogen) atoms. The highest BCUT2D eigenvalue weighted by atomic mass is 35.5. The van der Waals surface area contributed by atoms with Gasteiger partial charge in [0.1, 0.15) is 5.57 Å². The summed E-state index contributed by atoms with van der Waals surface area (Å²) in [5.74, 6) is 0.574. The second-order valence-electron chi connectivity index (χ2n) is 7.38. The number of carbonyl (C=O) groups is 2. The van der Waals surface area contributed by atoms with Gasteiger partial charge in [-0.05, 0) is 72.6 Å². The molecule has 0 radical (unpaired) electrons. The summed E-state index contributed by atoms with van der Waals surface area (Å²) in [5.41, 5.74) is 1.09. The van der Waals surface area contributed by atoms with Crippen molar-refractivity contribution in [2.75, 3.05) is 18.6 Å². The minimum atomic E-state index is -0.559. The minimum absolute atomic E-state index is 0.0148. The maximum atomic E-state index is 13.1. The van der Waals surface area contributed by atoms with Gasteiger partial charge in [0.25, 0.3) is 11.8 Å². The fraction of sp³-hybridized carbons (Fsp3) is 0.261. The van der Waals surface area contributed by atoms with E-state index in [1.165, 1.54) is 11.0 Å². The topological polar surface area (TPSA) is 67.9 Å². The molecule has 0 bridgehead atoms. The van der Waals surface area contributed by atoms with Gasteiger partial charge in [-0.3, -0.25) is 19.8 Å². The Kier molecular flexibility index (Phi) is 7.30. The van der Waals surface area contributed by atoms with E-state index in [-0.39, 0.29) is 10.7 Å². The first kappa shape index (κ1) is 22.8. The maximum absolute atomic E-state index is 13.1. The largest absolute Gasteiger partial charge is 0.493 e. The van der Waals surface area contributed by atoms with Gasteiger partial charge >= 0.3 is 0 Å². The fourth-order valence-corrected chi connectivity index (χ4v) is 3.35. The first-order chi connectivity index (χ1) is 14.8. The fourth-order valence-electron chi connectivity index (χ4n) is 2.95. The van der Waals surface area contributed by atoms with Crippen LogP contribution in [-0.2, 0) is 9.59 Å². The Labute approximate surface area is 191 Å². The summed E-state index contributed by atoms with van der Waals surface area (Å²) in [4.78, 5) is 26.8. The van der Waals surface area contributed by atoms with Gasteiger partial charge in [-0.2, -0.15) is 0 Å². The van der Waals surface area contributed by atoms with E-state index in [0.717, 1.165) is 6.42 Å². The average molecular weight is 459 g/mol. The number of carbonyl (C=O) groups excluding carboxylic acids is 2. The average Bonchev–Trinajstić information content (AvgIpc) is 2.72. The number of halogens is 1. The standard InChI is InChI=1S/C23H23ClN2O4S/c1-14(2)10-11-30-19-9-4-15(13-20(19)29-3)12-18-21(27)25-23(31)26(22(18)28)17-7-5-16(24)6-8-17/h4-9,12-14H,10-11H2,1-3H3,(H,25,27,31)/b18-12-. The molecule has 3 rings (SSSR count). The third kappa shape index (κ3) is 5.42. The molecular weight excluding hydrogens is 436 g/mol. The Morgan fingerprint density at radius 3 is 2.48 bits per heavy atom. The number of nitrogens with zero attached hydrogens (tertiary/aromatic N) is 1. The molecule has 0 aromatic heterocycles. The van der Waals surface area contributed by atoms with Crippen LogP contribution in [0.25, 0.3) is 6.08 Å². The molecule has 162 valence electrons. The van der Waals surface area contributed by atoms with Gasteiger partial charge in [0.15, 0.2) is 16.6 Å². The van der Waals surface area contributed by atoms with Crippen molar-refractivity contribution in [1.29, 1.82) is 0 Å². The molecule has 1 heterocycles. The molecule has 1 N–H and O–H groups in total. The zero-order chi connectivity index (χ0) is 22.5. The van der Waals surface area contributed by atoms with Gasteiger partial charge < -0.3 is 9.47 Å². The lowest BCUT2D eigenvalue weighted by molar-refractivity contribution is -0.122. The molecule has 2 aromatic carbocycles. The van der Waals surface area contributed by atoms with Crippen LogP contribution in [0.2, 0.25) is 5.02 Å². The van der Waals surface area contributed by atoms with Crippen molar-refractivity contribution in [3.63, 3.8) is 0 Å². The van der Waals surface area contributed by atoms with E-state index in [4.69, 9.17) is 33.3 Å². The number of rotatable bonds is 7. The Bertz CT molecular complexity index is 1030. The lowest BCUT2D eigenvalue weighted by atomic mass is 10.1. The molecule has 0 spiro atoms. The zero-order valence-electron chi connectivity index (χ0n) is 17.5. The van der Waals surface area contributed by atoms with E-state index in [1.807, 2.05) is 0 Å². The minimum Gasteiger partial charge on any atom is -0.493 e. The van der Waals surface area contributed by atoms with Crippen molar-refractivity contribution in [2.45, 2.75) is 20.3 Å². The van der Waals surface area contributed by atoms with Crippen molar-refractivity contribution < 1.29 is 19.1 Å². The van der Waals surface area contributed by atoms with Gasteiger partial charge in [0, 0.05) is 5.02 Å². The highest BCUT2D eigenvalue weighted by Crippen LogP contribution is 2.30. The summed E-state index contributed by atoms with van der Waals surface area (Å²) in [7, 11) is 1.54.